The number of carbonyl (C=O) groups excluding carboxylic acids is 1. The monoisotopic (exact) mass is 279 g/mol. The maximum Gasteiger partial charge on any atom is 0.339 e. The van der Waals surface area contributed by atoms with Crippen molar-refractivity contribution in [2.75, 3.05) is 39.6 Å². The van der Waals surface area contributed by atoms with E-state index >= 15 is 0 Å². The number of methoxy groups -OCH3 is 1. The number of nitrogens with zero attached hydrogens (tertiary/aromatic N) is 2. The second-order valence-electron chi connectivity index (χ2n) is 6.08. The molecular weight excluding hydrogens is 254 g/mol. The fraction of sp³-hybridized carbons (Fsp3) is 0.600. The predicted molar refractivity (Wildman–Crippen MR) is 81.1 cm³/mol. The van der Waals surface area contributed by atoms with Crippen LogP contribution < -0.4 is 5.32 Å². The molecule has 5 heteroatoms. The quantitative estimate of drug-likeness (QED) is 0.809. The van der Waals surface area contributed by atoms with E-state index in [0.717, 1.165) is 18.9 Å². The van der Waals surface area contributed by atoms with Gasteiger partial charge in [0, 0.05) is 13.1 Å². The van der Waals surface area contributed by atoms with E-state index in [4.69, 9.17) is 4.74 Å². The first-order valence-corrected chi connectivity index (χ1v) is 6.70. The first kappa shape index (κ1) is 16.4. The van der Waals surface area contributed by atoms with Crippen molar-refractivity contribution in [2.24, 2.45) is 5.41 Å². The minimum atomic E-state index is -0.352. The van der Waals surface area contributed by atoms with Crippen LogP contribution >= 0.6 is 0 Å². The number of aromatic nitrogens is 1. The zero-order chi connectivity index (χ0) is 15.3. The number of ether oxygens (including phenoxy) is 1. The highest BCUT2D eigenvalue weighted by atomic mass is 16.5. The van der Waals surface area contributed by atoms with E-state index < -0.39 is 0 Å². The third kappa shape index (κ3) is 4.81. The van der Waals surface area contributed by atoms with Crippen LogP contribution in [0.5, 0.6) is 0 Å². The van der Waals surface area contributed by atoms with E-state index in [1.54, 1.807) is 6.07 Å². The minimum Gasteiger partial charge on any atom is -0.465 e. The number of anilines is 1. The number of hydrogen-bond donors (Lipinski definition) is 1. The molecule has 0 saturated heterocycles. The molecule has 5 nitrogen and oxygen atoms in total. The average Bonchev–Trinajstić information content (AvgIpc) is 2.34. The first-order chi connectivity index (χ1) is 9.25. The van der Waals surface area contributed by atoms with Crippen molar-refractivity contribution in [3.63, 3.8) is 0 Å². The molecule has 0 bridgehead atoms. The van der Waals surface area contributed by atoms with E-state index in [0.29, 0.717) is 11.3 Å². The van der Waals surface area contributed by atoms with Crippen molar-refractivity contribution in [1.82, 2.24) is 9.88 Å². The first-order valence-electron chi connectivity index (χ1n) is 6.70. The summed E-state index contributed by atoms with van der Waals surface area (Å²) >= 11 is 0. The molecule has 112 valence electrons. The molecule has 0 unspecified atom stereocenters. The molecule has 1 aromatic rings. The fourth-order valence-electron chi connectivity index (χ4n) is 2.23. The van der Waals surface area contributed by atoms with Gasteiger partial charge in [0.1, 0.15) is 5.82 Å². The van der Waals surface area contributed by atoms with Crippen LogP contribution in [0.4, 0.5) is 5.82 Å². The third-order valence-corrected chi connectivity index (χ3v) is 2.98. The van der Waals surface area contributed by atoms with Gasteiger partial charge in [0.25, 0.3) is 0 Å². The molecule has 20 heavy (non-hydrogen) atoms. The van der Waals surface area contributed by atoms with Crippen LogP contribution in [0.2, 0.25) is 0 Å². The van der Waals surface area contributed by atoms with Gasteiger partial charge in [-0.2, -0.15) is 0 Å². The van der Waals surface area contributed by atoms with E-state index in [2.05, 4.69) is 43.1 Å². The Balaban J connectivity index is 2.71. The molecule has 0 aromatic carbocycles. The number of carbonyl (C=O) groups is 1. The molecule has 0 atom stereocenters. The molecule has 0 aliphatic carbocycles. The lowest BCUT2D eigenvalue weighted by atomic mass is 9.93. The summed E-state index contributed by atoms with van der Waals surface area (Å²) in [5, 5.41) is 3.33. The number of nitrogens with one attached hydrogen (secondary N) is 1. The molecule has 1 heterocycles. The number of esters is 1. The second kappa shape index (κ2) is 6.70. The van der Waals surface area contributed by atoms with Gasteiger partial charge in [-0.15, -0.1) is 0 Å². The Bertz CT molecular complexity index is 470. The zero-order valence-electron chi connectivity index (χ0n) is 13.3. The van der Waals surface area contributed by atoms with Gasteiger partial charge < -0.3 is 15.0 Å². The van der Waals surface area contributed by atoms with Crippen molar-refractivity contribution in [1.29, 1.82) is 0 Å². The zero-order valence-corrected chi connectivity index (χ0v) is 13.3. The maximum atomic E-state index is 11.5. The normalized spacial score (nSPS) is 11.6. The predicted octanol–water partition coefficient (Wildman–Crippen LogP) is 2.18. The molecule has 0 amide bonds. The Morgan fingerprint density at radius 1 is 1.40 bits per heavy atom. The van der Waals surface area contributed by atoms with Gasteiger partial charge in [0.15, 0.2) is 0 Å². The summed E-state index contributed by atoms with van der Waals surface area (Å²) in [4.78, 5) is 18.1. The smallest absolute Gasteiger partial charge is 0.339 e. The molecule has 1 aromatic heterocycles. The molecule has 1 N–H and O–H groups in total. The van der Waals surface area contributed by atoms with Crippen LogP contribution in [-0.4, -0.2) is 50.1 Å². The van der Waals surface area contributed by atoms with Crippen LogP contribution in [0.3, 0.4) is 0 Å². The Morgan fingerprint density at radius 2 is 2.05 bits per heavy atom. The molecule has 0 spiro atoms. The van der Waals surface area contributed by atoms with E-state index in [-0.39, 0.29) is 11.4 Å². The lowest BCUT2D eigenvalue weighted by Crippen LogP contribution is -2.34. The second-order valence-corrected chi connectivity index (χ2v) is 6.08. The van der Waals surface area contributed by atoms with Gasteiger partial charge in [-0.1, -0.05) is 13.8 Å². The van der Waals surface area contributed by atoms with Crippen molar-refractivity contribution >= 4 is 11.8 Å². The lowest BCUT2D eigenvalue weighted by molar-refractivity contribution is 0.0599. The van der Waals surface area contributed by atoms with Crippen molar-refractivity contribution < 1.29 is 9.53 Å². The van der Waals surface area contributed by atoms with Crippen LogP contribution in [0.25, 0.3) is 0 Å². The summed E-state index contributed by atoms with van der Waals surface area (Å²) in [6.45, 7) is 8.02. The lowest BCUT2D eigenvalue weighted by Gasteiger charge is -2.28. The summed E-state index contributed by atoms with van der Waals surface area (Å²) in [7, 11) is 5.50. The summed E-state index contributed by atoms with van der Waals surface area (Å²) < 4.78 is 4.71. The third-order valence-electron chi connectivity index (χ3n) is 2.98. The van der Waals surface area contributed by atoms with Crippen LogP contribution in [0.15, 0.2) is 12.1 Å². The maximum absolute atomic E-state index is 11.5. The molecule has 0 saturated carbocycles. The minimum absolute atomic E-state index is 0.139. The topological polar surface area (TPSA) is 54.5 Å². The molecular formula is C15H25N3O2. The number of rotatable bonds is 6. The SMILES string of the molecule is COC(=O)c1ccc(NCC(C)(C)CN(C)C)nc1C. The Labute approximate surface area is 121 Å². The molecule has 1 rings (SSSR count). The number of hydrogen-bond acceptors (Lipinski definition) is 5. The van der Waals surface area contributed by atoms with Crippen LogP contribution in [0, 0.1) is 12.3 Å². The average molecular weight is 279 g/mol. The standard InChI is InChI=1S/C15H25N3O2/c1-11-12(14(19)20-6)7-8-13(17-11)16-9-15(2,3)10-18(4)5/h7-8H,9-10H2,1-6H3,(H,16,17). The molecule has 0 aliphatic heterocycles. The van der Waals surface area contributed by atoms with Crippen LogP contribution in [0.1, 0.15) is 29.9 Å². The van der Waals surface area contributed by atoms with Gasteiger partial charge in [-0.3, -0.25) is 0 Å². The Kier molecular flexibility index (Phi) is 5.51. The summed E-state index contributed by atoms with van der Waals surface area (Å²) in [6, 6.07) is 3.56. The van der Waals surface area contributed by atoms with Crippen LogP contribution in [-0.2, 0) is 4.74 Å². The van der Waals surface area contributed by atoms with Gasteiger partial charge in [-0.05, 0) is 38.6 Å². The fourth-order valence-corrected chi connectivity index (χ4v) is 2.23. The molecule has 0 radical (unpaired) electrons. The highest BCUT2D eigenvalue weighted by Gasteiger charge is 2.19. The van der Waals surface area contributed by atoms with Crippen molar-refractivity contribution in [3.05, 3.63) is 23.4 Å². The molecule has 0 fully saturated rings. The summed E-state index contributed by atoms with van der Waals surface area (Å²) in [6.07, 6.45) is 0. The van der Waals surface area contributed by atoms with E-state index in [9.17, 15) is 4.79 Å². The number of aryl methyl sites for hydroxylation is 1. The highest BCUT2D eigenvalue weighted by molar-refractivity contribution is 5.90. The highest BCUT2D eigenvalue weighted by Crippen LogP contribution is 2.18. The van der Waals surface area contributed by atoms with E-state index in [1.165, 1.54) is 7.11 Å². The summed E-state index contributed by atoms with van der Waals surface area (Å²) in [5.74, 6) is 0.427. The Hall–Kier alpha value is -1.62. The molecule has 0 aliphatic rings. The largest absolute Gasteiger partial charge is 0.465 e. The van der Waals surface area contributed by atoms with Crippen molar-refractivity contribution in [3.8, 4) is 0 Å². The van der Waals surface area contributed by atoms with Gasteiger partial charge in [-0.25, -0.2) is 9.78 Å². The van der Waals surface area contributed by atoms with Gasteiger partial charge in [0.05, 0.1) is 18.4 Å². The van der Waals surface area contributed by atoms with Gasteiger partial charge in [0.2, 0.25) is 0 Å². The number of pyridine rings is 1. The Morgan fingerprint density at radius 3 is 2.55 bits per heavy atom. The van der Waals surface area contributed by atoms with E-state index in [1.807, 2.05) is 13.0 Å². The van der Waals surface area contributed by atoms with Gasteiger partial charge >= 0.3 is 5.97 Å². The summed E-state index contributed by atoms with van der Waals surface area (Å²) in [5.41, 5.74) is 1.32. The van der Waals surface area contributed by atoms with Crippen molar-refractivity contribution in [2.45, 2.75) is 20.8 Å².